The Morgan fingerprint density at radius 3 is 2.81 bits per heavy atom. The Bertz CT molecular complexity index is 727. The van der Waals surface area contributed by atoms with E-state index in [0.717, 1.165) is 0 Å². The van der Waals surface area contributed by atoms with Gasteiger partial charge in [0.15, 0.2) is 0 Å². The molecule has 0 radical (unpaired) electrons. The summed E-state index contributed by atoms with van der Waals surface area (Å²) in [5.74, 6) is 0.645. The molecule has 0 spiro atoms. The highest BCUT2D eigenvalue weighted by Crippen LogP contribution is 2.47. The van der Waals surface area contributed by atoms with Gasteiger partial charge >= 0.3 is 6.09 Å². The molecular formula is C19H28FN3O3S. The van der Waals surface area contributed by atoms with Crippen molar-refractivity contribution in [1.29, 1.82) is 0 Å². The number of thioether (sulfide) groups is 1. The summed E-state index contributed by atoms with van der Waals surface area (Å²) in [6, 6.07) is 4.55. The molecule has 0 bridgehead atoms. The lowest BCUT2D eigenvalue weighted by Gasteiger charge is -2.55. The summed E-state index contributed by atoms with van der Waals surface area (Å²) in [4.78, 5) is 13.4. The Kier molecular flexibility index (Phi) is 5.35. The Morgan fingerprint density at radius 1 is 1.48 bits per heavy atom. The molecule has 1 aromatic carbocycles. The third kappa shape index (κ3) is 3.62. The summed E-state index contributed by atoms with van der Waals surface area (Å²) in [6.07, 6.45) is -1.01. The fourth-order valence-corrected chi connectivity index (χ4v) is 6.00. The first-order chi connectivity index (χ1) is 12.6. The number of amides is 1. The summed E-state index contributed by atoms with van der Waals surface area (Å²) in [7, 11) is 0. The van der Waals surface area contributed by atoms with E-state index in [0.29, 0.717) is 23.6 Å². The molecule has 2 heterocycles. The fourth-order valence-electron chi connectivity index (χ4n) is 4.14. The molecule has 2 aliphatic heterocycles. The van der Waals surface area contributed by atoms with Crippen LogP contribution < -0.4 is 11.1 Å². The Labute approximate surface area is 163 Å². The lowest BCUT2D eigenvalue weighted by molar-refractivity contribution is -0.0671. The van der Waals surface area contributed by atoms with E-state index >= 15 is 0 Å². The maximum atomic E-state index is 14.9. The highest BCUT2D eigenvalue weighted by molar-refractivity contribution is 7.99. The molecule has 1 amide bonds. The minimum absolute atomic E-state index is 0.0967. The van der Waals surface area contributed by atoms with Crippen molar-refractivity contribution in [1.82, 2.24) is 10.2 Å². The van der Waals surface area contributed by atoms with Crippen LogP contribution in [0.3, 0.4) is 0 Å². The van der Waals surface area contributed by atoms with Gasteiger partial charge in [-0.25, -0.2) is 9.18 Å². The van der Waals surface area contributed by atoms with E-state index in [9.17, 15) is 14.3 Å². The van der Waals surface area contributed by atoms with Crippen molar-refractivity contribution in [2.45, 2.75) is 44.3 Å². The lowest BCUT2D eigenvalue weighted by atomic mass is 9.71. The first kappa shape index (κ1) is 20.2. The normalized spacial score (nSPS) is 31.2. The number of hydrogen-bond acceptors (Lipinski definition) is 5. The van der Waals surface area contributed by atoms with Crippen molar-refractivity contribution in [3.63, 3.8) is 0 Å². The largest absolute Gasteiger partial charge is 0.465 e. The van der Waals surface area contributed by atoms with E-state index in [1.165, 1.54) is 17.0 Å². The highest BCUT2D eigenvalue weighted by atomic mass is 32.2. The van der Waals surface area contributed by atoms with Crippen LogP contribution in [0.4, 0.5) is 14.9 Å². The number of fused-ring (bicyclic) bond motifs is 1. The van der Waals surface area contributed by atoms with Crippen molar-refractivity contribution in [2.24, 2.45) is 11.8 Å². The van der Waals surface area contributed by atoms with Crippen LogP contribution in [0, 0.1) is 17.7 Å². The molecule has 2 aliphatic rings. The van der Waals surface area contributed by atoms with Crippen LogP contribution in [0.1, 0.15) is 33.3 Å². The molecule has 8 heteroatoms. The Morgan fingerprint density at radius 2 is 2.19 bits per heavy atom. The Balaban J connectivity index is 2.08. The number of nitrogens with one attached hydrogen (secondary N) is 1. The molecule has 0 aromatic heterocycles. The van der Waals surface area contributed by atoms with Gasteiger partial charge in [-0.3, -0.25) is 10.2 Å². The summed E-state index contributed by atoms with van der Waals surface area (Å²) >= 11 is 1.54. The minimum atomic E-state index is -1.01. The van der Waals surface area contributed by atoms with E-state index < -0.39 is 22.7 Å². The van der Waals surface area contributed by atoms with Crippen LogP contribution in [0.25, 0.3) is 0 Å². The predicted octanol–water partition coefficient (Wildman–Crippen LogP) is 3.28. The summed E-state index contributed by atoms with van der Waals surface area (Å²) < 4.78 is 20.7. The fraction of sp³-hybridized carbons (Fsp3) is 0.632. The molecule has 2 fully saturated rings. The van der Waals surface area contributed by atoms with Crippen molar-refractivity contribution in [2.75, 3.05) is 24.7 Å². The van der Waals surface area contributed by atoms with E-state index in [1.54, 1.807) is 17.8 Å². The van der Waals surface area contributed by atoms with Gasteiger partial charge in [0.25, 0.3) is 0 Å². The molecule has 2 saturated heterocycles. The van der Waals surface area contributed by atoms with Crippen molar-refractivity contribution in [3.05, 3.63) is 29.6 Å². The maximum Gasteiger partial charge on any atom is 0.409 e. The molecule has 6 nitrogen and oxygen atoms in total. The van der Waals surface area contributed by atoms with Crippen LogP contribution >= 0.6 is 11.8 Å². The van der Waals surface area contributed by atoms with Crippen LogP contribution in [-0.4, -0.2) is 46.1 Å². The number of carbonyl (C=O) groups is 1. The zero-order valence-corrected chi connectivity index (χ0v) is 17.0. The van der Waals surface area contributed by atoms with Gasteiger partial charge < -0.3 is 15.6 Å². The second-order valence-corrected chi connectivity index (χ2v) is 9.58. The second kappa shape index (κ2) is 7.14. The van der Waals surface area contributed by atoms with Crippen LogP contribution in [-0.2, 0) is 10.3 Å². The molecule has 0 saturated carbocycles. The number of benzene rings is 1. The molecule has 4 atom stereocenters. The van der Waals surface area contributed by atoms with Crippen molar-refractivity contribution in [3.8, 4) is 0 Å². The topological polar surface area (TPSA) is 87.8 Å². The van der Waals surface area contributed by atoms with Gasteiger partial charge in [-0.2, -0.15) is 0 Å². The lowest BCUT2D eigenvalue weighted by Crippen LogP contribution is -2.68. The molecular weight excluding hydrogens is 369 g/mol. The molecule has 0 aliphatic carbocycles. The van der Waals surface area contributed by atoms with Crippen LogP contribution in [0.15, 0.2) is 18.2 Å². The minimum Gasteiger partial charge on any atom is -0.465 e. The highest BCUT2D eigenvalue weighted by Gasteiger charge is 2.53. The van der Waals surface area contributed by atoms with Gasteiger partial charge in [0.2, 0.25) is 0 Å². The van der Waals surface area contributed by atoms with Gasteiger partial charge in [0.1, 0.15) is 11.3 Å². The number of nitrogen functional groups attached to an aromatic ring is 1. The van der Waals surface area contributed by atoms with Gasteiger partial charge in [-0.15, -0.1) is 11.8 Å². The van der Waals surface area contributed by atoms with Gasteiger partial charge in [0.05, 0.1) is 12.1 Å². The van der Waals surface area contributed by atoms with E-state index in [-0.39, 0.29) is 24.3 Å². The number of nitrogens with two attached hydrogens (primary N) is 1. The number of carboxylic acid groups (broad SMARTS) is 1. The first-order valence-corrected chi connectivity index (χ1v) is 10.2. The van der Waals surface area contributed by atoms with E-state index in [2.05, 4.69) is 12.2 Å². The predicted molar refractivity (Wildman–Crippen MR) is 105 cm³/mol. The standard InChI is InChI=1S/C19H28FN3O3S/c1-11-8-26-10-19(13-7-12(21)5-6-15(13)20)14(11)9-27-16(22-19)23(17(24)25)18(2,3)4/h5-7,11,14,16,22H,8-10,21H2,1-4H3,(H,24,25)/t11-,14+,16?,19+/m0/s1. The molecule has 4 N–H and O–H groups in total. The number of anilines is 1. The molecule has 27 heavy (non-hydrogen) atoms. The zero-order chi connectivity index (χ0) is 20.0. The quantitative estimate of drug-likeness (QED) is 0.664. The third-order valence-electron chi connectivity index (χ3n) is 5.48. The van der Waals surface area contributed by atoms with Gasteiger partial charge in [-0.1, -0.05) is 6.92 Å². The number of rotatable bonds is 2. The van der Waals surface area contributed by atoms with Gasteiger partial charge in [-0.05, 0) is 50.8 Å². The number of hydrogen-bond donors (Lipinski definition) is 3. The number of nitrogens with zero attached hydrogens (tertiary/aromatic N) is 1. The van der Waals surface area contributed by atoms with Crippen LogP contribution in [0.5, 0.6) is 0 Å². The zero-order valence-electron chi connectivity index (χ0n) is 16.2. The summed E-state index contributed by atoms with van der Waals surface area (Å²) in [5.41, 5.74) is 4.92. The van der Waals surface area contributed by atoms with Crippen molar-refractivity contribution >= 4 is 23.5 Å². The number of ether oxygens (including phenoxy) is 1. The smallest absolute Gasteiger partial charge is 0.409 e. The molecule has 1 aromatic rings. The molecule has 3 rings (SSSR count). The van der Waals surface area contributed by atoms with E-state index in [4.69, 9.17) is 10.5 Å². The van der Waals surface area contributed by atoms with Crippen LogP contribution in [0.2, 0.25) is 0 Å². The molecule has 1 unspecified atom stereocenters. The Hall–Kier alpha value is -1.51. The first-order valence-electron chi connectivity index (χ1n) is 9.11. The van der Waals surface area contributed by atoms with E-state index in [1.807, 2.05) is 20.8 Å². The average Bonchev–Trinajstić information content (AvgIpc) is 2.55. The monoisotopic (exact) mass is 397 g/mol. The third-order valence-corrected chi connectivity index (χ3v) is 6.68. The SMILES string of the molecule is C[C@H]1COC[C@]2(c3cc(N)ccc3F)NC(N(C(=O)O)C(C)(C)C)SC[C@H]12. The average molecular weight is 398 g/mol. The van der Waals surface area contributed by atoms with Crippen molar-refractivity contribution < 1.29 is 19.0 Å². The molecule has 150 valence electrons. The van der Waals surface area contributed by atoms with Gasteiger partial charge in [0, 0.05) is 29.1 Å². The maximum absolute atomic E-state index is 14.9. The summed E-state index contributed by atoms with van der Waals surface area (Å²) in [5, 5.41) is 13.3. The number of halogens is 1. The second-order valence-electron chi connectivity index (χ2n) is 8.46. The summed E-state index contributed by atoms with van der Waals surface area (Å²) in [6.45, 7) is 8.52.